The summed E-state index contributed by atoms with van der Waals surface area (Å²) in [5.74, 6) is 0.485. The second-order valence-electron chi connectivity index (χ2n) is 7.18. The van der Waals surface area contributed by atoms with Gasteiger partial charge in [-0.1, -0.05) is 58.9 Å². The minimum absolute atomic E-state index is 0.110. The largest absolute Gasteiger partial charge is 0.323 e. The van der Waals surface area contributed by atoms with E-state index in [2.05, 4.69) is 45.3 Å². The summed E-state index contributed by atoms with van der Waals surface area (Å²) >= 11 is 0. The van der Waals surface area contributed by atoms with Crippen LogP contribution in [-0.2, 0) is 5.41 Å². The second kappa shape index (κ2) is 6.86. The van der Waals surface area contributed by atoms with Crippen molar-refractivity contribution in [2.75, 3.05) is 10.6 Å². The summed E-state index contributed by atoms with van der Waals surface area (Å²) < 4.78 is 0. The van der Waals surface area contributed by atoms with Crippen molar-refractivity contribution in [2.45, 2.75) is 46.0 Å². The molecule has 0 aliphatic carbocycles. The molecule has 3 heteroatoms. The molecule has 2 aromatic rings. The van der Waals surface area contributed by atoms with E-state index < -0.39 is 0 Å². The fourth-order valence-electron chi connectivity index (χ4n) is 2.30. The van der Waals surface area contributed by atoms with Crippen LogP contribution in [0.25, 0.3) is 0 Å². The molecule has 2 amide bonds. The first-order valence-electron chi connectivity index (χ1n) is 8.04. The predicted molar refractivity (Wildman–Crippen MR) is 98.3 cm³/mol. The first-order chi connectivity index (χ1) is 10.8. The van der Waals surface area contributed by atoms with Gasteiger partial charge in [-0.15, -0.1) is 0 Å². The third-order valence-corrected chi connectivity index (χ3v) is 3.84. The number of urea groups is 1. The summed E-state index contributed by atoms with van der Waals surface area (Å²) in [7, 11) is 0. The summed E-state index contributed by atoms with van der Waals surface area (Å²) in [6.45, 7) is 10.8. The van der Waals surface area contributed by atoms with Gasteiger partial charge in [0, 0.05) is 11.4 Å². The molecule has 3 nitrogen and oxygen atoms in total. The molecule has 0 bridgehead atoms. The van der Waals surface area contributed by atoms with Gasteiger partial charge in [-0.2, -0.15) is 0 Å². The van der Waals surface area contributed by atoms with Gasteiger partial charge in [-0.05, 0) is 46.7 Å². The van der Waals surface area contributed by atoms with Crippen molar-refractivity contribution in [1.29, 1.82) is 0 Å². The molecule has 0 atom stereocenters. The fourth-order valence-corrected chi connectivity index (χ4v) is 2.30. The summed E-state index contributed by atoms with van der Waals surface area (Å²) in [6.07, 6.45) is 0. The Bertz CT molecular complexity index is 650. The molecule has 0 aromatic heterocycles. The Morgan fingerprint density at radius 2 is 1.26 bits per heavy atom. The average molecular weight is 310 g/mol. The van der Waals surface area contributed by atoms with Crippen molar-refractivity contribution in [3.63, 3.8) is 0 Å². The third kappa shape index (κ3) is 4.85. The lowest BCUT2D eigenvalue weighted by atomic mass is 9.87. The van der Waals surface area contributed by atoms with Crippen LogP contribution in [0.3, 0.4) is 0 Å². The number of anilines is 2. The molecule has 0 aliphatic heterocycles. The van der Waals surface area contributed by atoms with Gasteiger partial charge < -0.3 is 10.6 Å². The second-order valence-corrected chi connectivity index (χ2v) is 7.18. The van der Waals surface area contributed by atoms with Crippen LogP contribution in [0.5, 0.6) is 0 Å². The van der Waals surface area contributed by atoms with Gasteiger partial charge >= 0.3 is 6.03 Å². The van der Waals surface area contributed by atoms with Crippen molar-refractivity contribution in [3.05, 3.63) is 59.7 Å². The zero-order valence-electron chi connectivity index (χ0n) is 14.6. The highest BCUT2D eigenvalue weighted by molar-refractivity contribution is 5.99. The molecule has 2 rings (SSSR count). The van der Waals surface area contributed by atoms with Gasteiger partial charge in [0.2, 0.25) is 0 Å². The normalized spacial score (nSPS) is 11.4. The van der Waals surface area contributed by atoms with E-state index in [0.29, 0.717) is 5.92 Å². The van der Waals surface area contributed by atoms with E-state index in [0.717, 1.165) is 11.4 Å². The van der Waals surface area contributed by atoms with Gasteiger partial charge in [0.1, 0.15) is 0 Å². The first-order valence-corrected chi connectivity index (χ1v) is 8.04. The Labute approximate surface area is 139 Å². The van der Waals surface area contributed by atoms with Crippen molar-refractivity contribution in [3.8, 4) is 0 Å². The van der Waals surface area contributed by atoms with Gasteiger partial charge in [0.05, 0.1) is 0 Å². The summed E-state index contributed by atoms with van der Waals surface area (Å²) in [5, 5.41) is 5.71. The van der Waals surface area contributed by atoms with Crippen LogP contribution in [0.1, 0.15) is 51.7 Å². The highest BCUT2D eigenvalue weighted by Crippen LogP contribution is 2.23. The van der Waals surface area contributed by atoms with Gasteiger partial charge in [0.25, 0.3) is 0 Å². The van der Waals surface area contributed by atoms with E-state index >= 15 is 0 Å². The first kappa shape index (κ1) is 17.1. The smallest absolute Gasteiger partial charge is 0.308 e. The topological polar surface area (TPSA) is 41.1 Å². The van der Waals surface area contributed by atoms with Crippen molar-refractivity contribution >= 4 is 17.4 Å². The Kier molecular flexibility index (Phi) is 5.09. The van der Waals surface area contributed by atoms with Crippen LogP contribution in [0, 0.1) is 0 Å². The number of carbonyl (C=O) groups is 1. The Morgan fingerprint density at radius 3 is 1.65 bits per heavy atom. The average Bonchev–Trinajstić information content (AvgIpc) is 2.47. The lowest BCUT2D eigenvalue weighted by Gasteiger charge is -2.19. The predicted octanol–water partition coefficient (Wildman–Crippen LogP) is 5.75. The van der Waals surface area contributed by atoms with Crippen molar-refractivity contribution < 1.29 is 4.79 Å². The number of benzene rings is 2. The number of hydrogen-bond donors (Lipinski definition) is 2. The highest BCUT2D eigenvalue weighted by Gasteiger charge is 2.13. The zero-order valence-corrected chi connectivity index (χ0v) is 14.6. The highest BCUT2D eigenvalue weighted by atomic mass is 16.2. The molecular weight excluding hydrogens is 284 g/mol. The number of nitrogens with one attached hydrogen (secondary N) is 2. The van der Waals surface area contributed by atoms with E-state index in [1.54, 1.807) is 0 Å². The number of carbonyl (C=O) groups excluding carboxylic acids is 1. The molecule has 0 aliphatic rings. The molecule has 23 heavy (non-hydrogen) atoms. The van der Waals surface area contributed by atoms with Gasteiger partial charge in [0.15, 0.2) is 0 Å². The summed E-state index contributed by atoms with van der Waals surface area (Å²) in [6, 6.07) is 15.7. The molecule has 2 aromatic carbocycles. The third-order valence-electron chi connectivity index (χ3n) is 3.84. The van der Waals surface area contributed by atoms with E-state index in [1.807, 2.05) is 48.5 Å². The van der Waals surface area contributed by atoms with Crippen molar-refractivity contribution in [2.24, 2.45) is 0 Å². The Morgan fingerprint density at radius 1 is 0.826 bits per heavy atom. The van der Waals surface area contributed by atoms with Crippen LogP contribution < -0.4 is 10.6 Å². The van der Waals surface area contributed by atoms with Gasteiger partial charge in [-0.3, -0.25) is 0 Å². The molecule has 0 heterocycles. The minimum atomic E-state index is -0.231. The maximum atomic E-state index is 12.1. The van der Waals surface area contributed by atoms with E-state index in [1.165, 1.54) is 11.1 Å². The van der Waals surface area contributed by atoms with Crippen LogP contribution in [0.2, 0.25) is 0 Å². The van der Waals surface area contributed by atoms with Crippen LogP contribution in [-0.4, -0.2) is 6.03 Å². The molecule has 0 fully saturated rings. The Hall–Kier alpha value is -2.29. The van der Waals surface area contributed by atoms with Crippen LogP contribution in [0.4, 0.5) is 16.2 Å². The molecule has 0 radical (unpaired) electrons. The van der Waals surface area contributed by atoms with Crippen LogP contribution >= 0.6 is 0 Å². The molecular formula is C20H26N2O. The molecule has 0 spiro atoms. The SMILES string of the molecule is CC(C)c1ccc(NC(=O)Nc2ccc(C(C)(C)C)cc2)cc1. The minimum Gasteiger partial charge on any atom is -0.308 e. The standard InChI is InChI=1S/C20H26N2O/c1-14(2)15-6-10-17(11-7-15)21-19(23)22-18-12-8-16(9-13-18)20(3,4)5/h6-14H,1-5H3,(H2,21,22,23). The lowest BCUT2D eigenvalue weighted by molar-refractivity contribution is 0.262. The fraction of sp³-hybridized carbons (Fsp3) is 0.350. The van der Waals surface area contributed by atoms with Crippen molar-refractivity contribution in [1.82, 2.24) is 0 Å². The molecule has 0 saturated heterocycles. The summed E-state index contributed by atoms with van der Waals surface area (Å²) in [5.41, 5.74) is 4.19. The zero-order chi connectivity index (χ0) is 17.0. The monoisotopic (exact) mass is 310 g/mol. The van der Waals surface area contributed by atoms with E-state index in [4.69, 9.17) is 0 Å². The molecule has 122 valence electrons. The summed E-state index contributed by atoms with van der Waals surface area (Å²) in [4.78, 5) is 12.1. The van der Waals surface area contributed by atoms with E-state index in [-0.39, 0.29) is 11.4 Å². The number of hydrogen-bond acceptors (Lipinski definition) is 1. The number of rotatable bonds is 3. The number of amides is 2. The van der Waals surface area contributed by atoms with Crippen LogP contribution in [0.15, 0.2) is 48.5 Å². The maximum absolute atomic E-state index is 12.1. The lowest BCUT2D eigenvalue weighted by Crippen LogP contribution is -2.19. The quantitative estimate of drug-likeness (QED) is 0.744. The molecule has 0 unspecified atom stereocenters. The van der Waals surface area contributed by atoms with Gasteiger partial charge in [-0.25, -0.2) is 4.79 Å². The Balaban J connectivity index is 1.96. The maximum Gasteiger partial charge on any atom is 0.323 e. The molecule has 0 saturated carbocycles. The van der Waals surface area contributed by atoms with E-state index in [9.17, 15) is 4.79 Å². The molecule has 2 N–H and O–H groups in total.